The van der Waals surface area contributed by atoms with Crippen LogP contribution in [0.25, 0.3) is 0 Å². The maximum atomic E-state index is 12.1. The van der Waals surface area contributed by atoms with E-state index in [0.29, 0.717) is 14.7 Å². The van der Waals surface area contributed by atoms with Crippen LogP contribution in [0.15, 0.2) is 42.7 Å². The predicted molar refractivity (Wildman–Crippen MR) is 73.5 cm³/mol. The van der Waals surface area contributed by atoms with Crippen LogP contribution in [0, 0.1) is 13.7 Å². The standard InChI is InChI=1S/C12H7IN2O3/c13-10-5-9(6-11(7-10)15(17)18)12(16)8-1-3-14-4-2-8/h1-7H. The van der Waals surface area contributed by atoms with E-state index < -0.39 is 4.92 Å². The molecule has 0 N–H and O–H groups in total. The molecule has 18 heavy (non-hydrogen) atoms. The molecule has 0 amide bonds. The van der Waals surface area contributed by atoms with Gasteiger partial charge in [0.25, 0.3) is 5.69 Å². The highest BCUT2D eigenvalue weighted by Gasteiger charge is 2.15. The van der Waals surface area contributed by atoms with Gasteiger partial charge in [-0.2, -0.15) is 0 Å². The lowest BCUT2D eigenvalue weighted by Gasteiger charge is -2.02. The minimum atomic E-state index is -0.508. The van der Waals surface area contributed by atoms with Crippen LogP contribution < -0.4 is 0 Å². The molecular formula is C12H7IN2O3. The average molecular weight is 354 g/mol. The van der Waals surface area contributed by atoms with Crippen LogP contribution in [0.1, 0.15) is 15.9 Å². The Morgan fingerprint density at radius 1 is 1.17 bits per heavy atom. The Balaban J connectivity index is 2.46. The van der Waals surface area contributed by atoms with E-state index in [1.54, 1.807) is 18.2 Å². The van der Waals surface area contributed by atoms with E-state index in [4.69, 9.17) is 0 Å². The smallest absolute Gasteiger partial charge is 0.271 e. The van der Waals surface area contributed by atoms with Gasteiger partial charge in [-0.3, -0.25) is 19.9 Å². The highest BCUT2D eigenvalue weighted by molar-refractivity contribution is 14.1. The first-order valence-corrected chi connectivity index (χ1v) is 6.05. The predicted octanol–water partition coefficient (Wildman–Crippen LogP) is 2.83. The van der Waals surface area contributed by atoms with E-state index in [0.717, 1.165) is 0 Å². The molecule has 0 aliphatic heterocycles. The Hall–Kier alpha value is -1.83. The maximum absolute atomic E-state index is 12.1. The largest absolute Gasteiger partial charge is 0.289 e. The van der Waals surface area contributed by atoms with Crippen molar-refractivity contribution in [3.05, 3.63) is 67.5 Å². The summed E-state index contributed by atoms with van der Waals surface area (Å²) in [5.41, 5.74) is 0.681. The topological polar surface area (TPSA) is 73.1 Å². The molecule has 0 saturated carbocycles. The molecule has 6 heteroatoms. The second-order valence-electron chi connectivity index (χ2n) is 3.52. The van der Waals surface area contributed by atoms with Gasteiger partial charge >= 0.3 is 0 Å². The van der Waals surface area contributed by atoms with E-state index in [-0.39, 0.29) is 11.5 Å². The number of non-ortho nitro benzene ring substituents is 1. The average Bonchev–Trinajstić information content (AvgIpc) is 2.38. The molecule has 0 aliphatic carbocycles. The summed E-state index contributed by atoms with van der Waals surface area (Å²) in [6.45, 7) is 0. The van der Waals surface area contributed by atoms with Crippen LogP contribution in [-0.2, 0) is 0 Å². The lowest BCUT2D eigenvalue weighted by atomic mass is 10.0. The summed E-state index contributed by atoms with van der Waals surface area (Å²) >= 11 is 1.95. The van der Waals surface area contributed by atoms with Crippen molar-refractivity contribution in [3.63, 3.8) is 0 Å². The molecule has 0 fully saturated rings. The summed E-state index contributed by atoms with van der Waals surface area (Å²) < 4.78 is 0.652. The van der Waals surface area contributed by atoms with Crippen molar-refractivity contribution in [1.29, 1.82) is 0 Å². The third kappa shape index (κ3) is 2.70. The molecule has 2 aromatic rings. The van der Waals surface area contributed by atoms with Gasteiger partial charge in [-0.05, 0) is 40.8 Å². The summed E-state index contributed by atoms with van der Waals surface area (Å²) in [7, 11) is 0. The molecular weight excluding hydrogens is 347 g/mol. The number of hydrogen-bond acceptors (Lipinski definition) is 4. The fourth-order valence-electron chi connectivity index (χ4n) is 1.48. The van der Waals surface area contributed by atoms with Gasteiger partial charge in [0.15, 0.2) is 5.78 Å². The zero-order chi connectivity index (χ0) is 13.1. The number of aromatic nitrogens is 1. The number of pyridine rings is 1. The maximum Gasteiger partial charge on any atom is 0.271 e. The van der Waals surface area contributed by atoms with Crippen molar-refractivity contribution < 1.29 is 9.72 Å². The first-order chi connectivity index (χ1) is 8.58. The Morgan fingerprint density at radius 2 is 1.83 bits per heavy atom. The van der Waals surface area contributed by atoms with E-state index in [9.17, 15) is 14.9 Å². The molecule has 0 saturated heterocycles. The highest BCUT2D eigenvalue weighted by atomic mass is 127. The van der Waals surface area contributed by atoms with Crippen LogP contribution >= 0.6 is 22.6 Å². The van der Waals surface area contributed by atoms with Gasteiger partial charge in [-0.15, -0.1) is 0 Å². The molecule has 1 aromatic heterocycles. The van der Waals surface area contributed by atoms with E-state index in [1.807, 2.05) is 22.6 Å². The van der Waals surface area contributed by atoms with Crippen molar-refractivity contribution in [1.82, 2.24) is 4.98 Å². The van der Waals surface area contributed by atoms with Crippen LogP contribution in [0.5, 0.6) is 0 Å². The fourth-order valence-corrected chi connectivity index (χ4v) is 2.14. The first-order valence-electron chi connectivity index (χ1n) is 4.97. The number of nitro groups is 1. The van der Waals surface area contributed by atoms with Crippen molar-refractivity contribution in [2.45, 2.75) is 0 Å². The summed E-state index contributed by atoms with van der Waals surface area (Å²) in [6.07, 6.45) is 3.02. The normalized spacial score (nSPS) is 10.1. The third-order valence-corrected chi connectivity index (χ3v) is 2.92. The fraction of sp³-hybridized carbons (Fsp3) is 0. The Morgan fingerprint density at radius 3 is 2.44 bits per heavy atom. The number of halogens is 1. The van der Waals surface area contributed by atoms with Gasteiger partial charge in [0.2, 0.25) is 0 Å². The summed E-state index contributed by atoms with van der Waals surface area (Å²) in [4.78, 5) is 26.2. The van der Waals surface area contributed by atoms with Crippen LogP contribution in [0.4, 0.5) is 5.69 Å². The third-order valence-electron chi connectivity index (χ3n) is 2.30. The summed E-state index contributed by atoms with van der Waals surface area (Å²) in [5.74, 6) is -0.251. The minimum Gasteiger partial charge on any atom is -0.289 e. The number of hydrogen-bond donors (Lipinski definition) is 0. The second-order valence-corrected chi connectivity index (χ2v) is 4.77. The SMILES string of the molecule is O=C(c1ccncc1)c1cc(I)cc([N+](=O)[O-])c1. The number of carbonyl (C=O) groups excluding carboxylic acids is 1. The van der Waals surface area contributed by atoms with Gasteiger partial charge in [-0.1, -0.05) is 0 Å². The van der Waals surface area contributed by atoms with Crippen LogP contribution in [0.2, 0.25) is 0 Å². The van der Waals surface area contributed by atoms with Crippen molar-refractivity contribution >= 4 is 34.1 Å². The lowest BCUT2D eigenvalue weighted by molar-refractivity contribution is -0.385. The van der Waals surface area contributed by atoms with Gasteiger partial charge < -0.3 is 0 Å². The molecule has 1 heterocycles. The second kappa shape index (κ2) is 5.21. The molecule has 0 atom stereocenters. The molecule has 2 rings (SSSR count). The highest BCUT2D eigenvalue weighted by Crippen LogP contribution is 2.20. The quantitative estimate of drug-likeness (QED) is 0.368. The van der Waals surface area contributed by atoms with Crippen molar-refractivity contribution in [2.24, 2.45) is 0 Å². The Bertz CT molecular complexity index is 614. The summed E-state index contributed by atoms with van der Waals surface area (Å²) in [6, 6.07) is 7.48. The first kappa shape index (κ1) is 12.6. The molecule has 1 aromatic carbocycles. The number of benzene rings is 1. The zero-order valence-corrected chi connectivity index (χ0v) is 11.2. The van der Waals surface area contributed by atoms with Gasteiger partial charge in [0, 0.05) is 39.2 Å². The monoisotopic (exact) mass is 354 g/mol. The Labute approximate surface area is 116 Å². The van der Waals surface area contributed by atoms with Gasteiger partial charge in [0.1, 0.15) is 0 Å². The number of ketones is 1. The molecule has 0 aliphatic rings. The molecule has 5 nitrogen and oxygen atoms in total. The number of nitrogens with zero attached hydrogens (tertiary/aromatic N) is 2. The minimum absolute atomic E-state index is 0.0840. The Kier molecular flexibility index (Phi) is 3.66. The molecule has 0 radical (unpaired) electrons. The summed E-state index contributed by atoms with van der Waals surface area (Å²) in [5, 5.41) is 10.7. The van der Waals surface area contributed by atoms with Gasteiger partial charge in [0.05, 0.1) is 4.92 Å². The van der Waals surface area contributed by atoms with E-state index in [1.165, 1.54) is 24.5 Å². The molecule has 0 unspecified atom stereocenters. The molecule has 0 spiro atoms. The molecule has 90 valence electrons. The van der Waals surface area contributed by atoms with E-state index >= 15 is 0 Å². The number of nitro benzene ring substituents is 1. The van der Waals surface area contributed by atoms with Crippen molar-refractivity contribution in [2.75, 3.05) is 0 Å². The van der Waals surface area contributed by atoms with Crippen LogP contribution in [0.3, 0.4) is 0 Å². The van der Waals surface area contributed by atoms with Crippen LogP contribution in [-0.4, -0.2) is 15.7 Å². The number of carbonyl (C=O) groups is 1. The number of rotatable bonds is 3. The lowest BCUT2D eigenvalue weighted by Crippen LogP contribution is -2.03. The van der Waals surface area contributed by atoms with Crippen molar-refractivity contribution in [3.8, 4) is 0 Å². The van der Waals surface area contributed by atoms with Gasteiger partial charge in [-0.25, -0.2) is 0 Å². The molecule has 0 bridgehead atoms. The van der Waals surface area contributed by atoms with E-state index in [2.05, 4.69) is 4.98 Å². The zero-order valence-electron chi connectivity index (χ0n) is 9.04.